The van der Waals surface area contributed by atoms with Crippen molar-refractivity contribution in [2.75, 3.05) is 5.32 Å². The molecule has 0 saturated carbocycles. The number of aromatic nitrogens is 1. The number of anilines is 2. The number of benzene rings is 2. The first-order valence-corrected chi connectivity index (χ1v) is 9.40. The number of rotatable bonds is 3. The smallest absolute Gasteiger partial charge is 0.270 e. The van der Waals surface area contributed by atoms with Crippen molar-refractivity contribution in [2.24, 2.45) is 4.99 Å². The fourth-order valence-corrected chi connectivity index (χ4v) is 3.88. The number of thiazole rings is 1. The molecule has 2 N–H and O–H groups in total. The van der Waals surface area contributed by atoms with Gasteiger partial charge in [-0.15, -0.1) is 0 Å². The van der Waals surface area contributed by atoms with Gasteiger partial charge in [0, 0.05) is 11.6 Å². The number of nitrogens with one attached hydrogen (secondary N) is 1. The summed E-state index contributed by atoms with van der Waals surface area (Å²) in [5.41, 5.74) is 1.37. The molecule has 1 amide bonds. The Labute approximate surface area is 167 Å². The van der Waals surface area contributed by atoms with E-state index in [0.29, 0.717) is 31.1 Å². The molecule has 8 heteroatoms. The molecule has 0 atom stereocenters. The number of amides is 1. The summed E-state index contributed by atoms with van der Waals surface area (Å²) in [5.74, 6) is -0.368. The number of nitrogens with zero attached hydrogens (tertiary/aromatic N) is 2. The average molecular weight is 416 g/mol. The van der Waals surface area contributed by atoms with E-state index in [1.54, 1.807) is 36.4 Å². The van der Waals surface area contributed by atoms with Crippen LogP contribution in [0.1, 0.15) is 10.4 Å². The van der Waals surface area contributed by atoms with E-state index in [4.69, 9.17) is 23.2 Å². The van der Waals surface area contributed by atoms with Crippen LogP contribution in [0.2, 0.25) is 10.0 Å². The number of hydrogen-bond acceptors (Lipinski definition) is 5. The highest BCUT2D eigenvalue weighted by Crippen LogP contribution is 2.36. The van der Waals surface area contributed by atoms with E-state index in [-0.39, 0.29) is 11.8 Å². The van der Waals surface area contributed by atoms with Crippen LogP contribution >= 0.6 is 34.5 Å². The Balaban J connectivity index is 1.68. The van der Waals surface area contributed by atoms with Gasteiger partial charge in [-0.1, -0.05) is 46.7 Å². The third kappa shape index (κ3) is 3.73. The van der Waals surface area contributed by atoms with Gasteiger partial charge in [-0.05, 0) is 41.6 Å². The van der Waals surface area contributed by atoms with Gasteiger partial charge in [-0.2, -0.15) is 4.98 Å². The van der Waals surface area contributed by atoms with Crippen LogP contribution in [0.25, 0.3) is 12.2 Å². The van der Waals surface area contributed by atoms with Crippen molar-refractivity contribution in [1.82, 2.24) is 4.98 Å². The monoisotopic (exact) mass is 415 g/mol. The molecule has 2 aromatic carbocycles. The Morgan fingerprint density at radius 1 is 1.11 bits per heavy atom. The first-order chi connectivity index (χ1) is 13.0. The molecule has 0 fully saturated rings. The van der Waals surface area contributed by atoms with Crippen molar-refractivity contribution in [2.45, 2.75) is 0 Å². The van der Waals surface area contributed by atoms with Gasteiger partial charge in [0.1, 0.15) is 0 Å². The van der Waals surface area contributed by atoms with E-state index in [1.807, 2.05) is 12.1 Å². The number of fused-ring (bicyclic) bond motifs is 1. The van der Waals surface area contributed by atoms with Crippen LogP contribution in [0, 0.1) is 0 Å². The van der Waals surface area contributed by atoms with Gasteiger partial charge in [-0.25, -0.2) is 4.99 Å². The molecule has 27 heavy (non-hydrogen) atoms. The van der Waals surface area contributed by atoms with Gasteiger partial charge in [0.2, 0.25) is 5.88 Å². The number of halogens is 2. The molecule has 2 heterocycles. The normalized spacial score (nSPS) is 13.4. The van der Waals surface area contributed by atoms with Crippen LogP contribution < -0.4 is 15.9 Å². The van der Waals surface area contributed by atoms with Gasteiger partial charge in [0.15, 0.2) is 5.13 Å². The molecule has 0 unspecified atom stereocenters. The SMILES string of the molecule is O=C1C=Cc2cc(=Cc3sc(Nc4c(Cl)cccc4Cl)nc3O)ccc2=N1. The van der Waals surface area contributed by atoms with Crippen molar-refractivity contribution < 1.29 is 9.90 Å². The third-order valence-corrected chi connectivity index (χ3v) is 5.35. The Morgan fingerprint density at radius 3 is 2.67 bits per heavy atom. The summed E-state index contributed by atoms with van der Waals surface area (Å²) in [4.78, 5) is 20.0. The van der Waals surface area contributed by atoms with Crippen molar-refractivity contribution >= 4 is 63.4 Å². The van der Waals surface area contributed by atoms with Crippen LogP contribution in [-0.4, -0.2) is 16.0 Å². The zero-order valence-corrected chi connectivity index (χ0v) is 15.9. The molecular weight excluding hydrogens is 405 g/mol. The molecule has 1 aliphatic rings. The summed E-state index contributed by atoms with van der Waals surface area (Å²) in [7, 11) is 0. The summed E-state index contributed by atoms with van der Waals surface area (Å²) < 4.78 is 0. The molecule has 5 nitrogen and oxygen atoms in total. The zero-order valence-electron chi connectivity index (χ0n) is 13.6. The predicted octanol–water partition coefficient (Wildman–Crippen LogP) is 3.90. The number of aromatic hydroxyl groups is 1. The molecule has 3 aromatic rings. The van der Waals surface area contributed by atoms with Crippen LogP contribution in [0.3, 0.4) is 0 Å². The first kappa shape index (κ1) is 17.7. The Bertz CT molecular complexity index is 1200. The second-order valence-corrected chi connectivity index (χ2v) is 7.52. The van der Waals surface area contributed by atoms with Crippen molar-refractivity contribution in [3.05, 3.63) is 73.5 Å². The predicted molar refractivity (Wildman–Crippen MR) is 108 cm³/mol. The molecule has 0 radical (unpaired) electrons. The van der Waals surface area contributed by atoms with Crippen molar-refractivity contribution in [3.8, 4) is 5.88 Å². The molecule has 0 saturated heterocycles. The molecule has 0 aliphatic carbocycles. The Hall–Kier alpha value is -2.67. The van der Waals surface area contributed by atoms with Gasteiger partial charge in [-0.3, -0.25) is 4.79 Å². The molecule has 4 rings (SSSR count). The highest BCUT2D eigenvalue weighted by atomic mass is 35.5. The lowest BCUT2D eigenvalue weighted by Crippen LogP contribution is -2.16. The quantitative estimate of drug-likeness (QED) is 0.679. The highest BCUT2D eigenvalue weighted by molar-refractivity contribution is 7.16. The Kier molecular flexibility index (Phi) is 4.70. The second kappa shape index (κ2) is 7.15. The second-order valence-electron chi connectivity index (χ2n) is 5.67. The highest BCUT2D eigenvalue weighted by Gasteiger charge is 2.12. The summed E-state index contributed by atoms with van der Waals surface area (Å²) in [6.45, 7) is 0. The maximum Gasteiger partial charge on any atom is 0.270 e. The lowest BCUT2D eigenvalue weighted by Gasteiger charge is -2.06. The van der Waals surface area contributed by atoms with E-state index in [0.717, 1.165) is 10.8 Å². The largest absolute Gasteiger partial charge is 0.492 e. The van der Waals surface area contributed by atoms with E-state index in [9.17, 15) is 9.90 Å². The first-order valence-electron chi connectivity index (χ1n) is 7.83. The van der Waals surface area contributed by atoms with E-state index >= 15 is 0 Å². The van der Waals surface area contributed by atoms with Crippen LogP contribution in [-0.2, 0) is 4.79 Å². The lowest BCUT2D eigenvalue weighted by atomic mass is 10.1. The average Bonchev–Trinajstić information content (AvgIpc) is 2.98. The molecule has 0 spiro atoms. The standard InChI is InChI=1S/C19H11Cl2N3O2S/c20-12-2-1-3-13(21)17(12)23-19-24-18(26)15(27-19)9-10-4-6-14-11(8-10)5-7-16(25)22-14/h1-9,26H,(H,23,24). The Morgan fingerprint density at radius 2 is 1.89 bits per heavy atom. The van der Waals surface area contributed by atoms with E-state index < -0.39 is 0 Å². The number of carbonyl (C=O) groups is 1. The minimum atomic E-state index is -0.270. The lowest BCUT2D eigenvalue weighted by molar-refractivity contribution is -0.113. The topological polar surface area (TPSA) is 74.6 Å². The van der Waals surface area contributed by atoms with E-state index in [1.165, 1.54) is 17.4 Å². The van der Waals surface area contributed by atoms with Gasteiger partial charge < -0.3 is 10.4 Å². The fraction of sp³-hybridized carbons (Fsp3) is 0. The summed E-state index contributed by atoms with van der Waals surface area (Å²) in [5, 5.41) is 16.1. The minimum Gasteiger partial charge on any atom is -0.492 e. The fourth-order valence-electron chi connectivity index (χ4n) is 2.56. The molecular formula is C19H11Cl2N3O2S. The minimum absolute atomic E-state index is 0.0983. The van der Waals surface area contributed by atoms with Crippen molar-refractivity contribution in [1.29, 1.82) is 0 Å². The van der Waals surface area contributed by atoms with Gasteiger partial charge in [0.25, 0.3) is 5.91 Å². The maximum absolute atomic E-state index is 11.3. The number of carbonyl (C=O) groups excluding carboxylic acids is 1. The third-order valence-electron chi connectivity index (χ3n) is 3.81. The summed E-state index contributed by atoms with van der Waals surface area (Å²) in [6.07, 6.45) is 4.95. The zero-order chi connectivity index (χ0) is 19.0. The summed E-state index contributed by atoms with van der Waals surface area (Å²) in [6, 6.07) is 10.7. The van der Waals surface area contributed by atoms with Crippen LogP contribution in [0.15, 0.2) is 47.5 Å². The molecule has 1 aromatic heterocycles. The molecule has 134 valence electrons. The van der Waals surface area contributed by atoms with Crippen LogP contribution in [0.4, 0.5) is 10.8 Å². The maximum atomic E-state index is 11.3. The van der Waals surface area contributed by atoms with Crippen LogP contribution in [0.5, 0.6) is 5.88 Å². The molecule has 0 bridgehead atoms. The van der Waals surface area contributed by atoms with Crippen molar-refractivity contribution in [3.63, 3.8) is 0 Å². The summed E-state index contributed by atoms with van der Waals surface area (Å²) >= 11 is 13.6. The number of para-hydroxylation sites is 1. The van der Waals surface area contributed by atoms with Gasteiger partial charge >= 0.3 is 0 Å². The van der Waals surface area contributed by atoms with E-state index in [2.05, 4.69) is 15.3 Å². The number of hydrogen-bond donors (Lipinski definition) is 2. The van der Waals surface area contributed by atoms with Gasteiger partial charge in [0.05, 0.1) is 26.0 Å². The molecule has 1 aliphatic heterocycles.